The average molecular weight is 240 g/mol. The Morgan fingerprint density at radius 3 is 2.76 bits per heavy atom. The van der Waals surface area contributed by atoms with Crippen LogP contribution in [0.3, 0.4) is 0 Å². The van der Waals surface area contributed by atoms with Crippen LogP contribution in [0.15, 0.2) is 30.3 Å². The second-order valence-electron chi connectivity index (χ2n) is 3.62. The van der Waals surface area contributed by atoms with Gasteiger partial charge >= 0.3 is 0 Å². The molecular formula is C12H8N4S. The molecule has 0 aliphatic heterocycles. The smallest absolute Gasteiger partial charge is 0.197 e. The SMILES string of the molecule is Cc1nn(-c2ccccc2)c2nc(C#N)sc12. The van der Waals surface area contributed by atoms with E-state index in [0.29, 0.717) is 5.01 Å². The standard InChI is InChI=1S/C12H8N4S/c1-8-11-12(14-10(7-13)17-11)16(15-8)9-5-3-2-4-6-9/h2-6H,1H3. The van der Waals surface area contributed by atoms with Gasteiger partial charge in [-0.3, -0.25) is 0 Å². The van der Waals surface area contributed by atoms with Crippen molar-refractivity contribution in [2.45, 2.75) is 6.92 Å². The lowest BCUT2D eigenvalue weighted by Gasteiger charge is -1.99. The van der Waals surface area contributed by atoms with Crippen LogP contribution in [-0.2, 0) is 0 Å². The third-order valence-corrected chi connectivity index (χ3v) is 3.54. The molecule has 82 valence electrons. The fourth-order valence-electron chi connectivity index (χ4n) is 1.73. The monoisotopic (exact) mass is 240 g/mol. The van der Waals surface area contributed by atoms with E-state index in [4.69, 9.17) is 5.26 Å². The summed E-state index contributed by atoms with van der Waals surface area (Å²) in [5.41, 5.74) is 2.62. The lowest BCUT2D eigenvalue weighted by Crippen LogP contribution is -1.96. The largest absolute Gasteiger partial charge is 0.214 e. The van der Waals surface area contributed by atoms with Gasteiger partial charge in [0.1, 0.15) is 6.07 Å². The molecule has 3 rings (SSSR count). The Labute approximate surface area is 102 Å². The van der Waals surface area contributed by atoms with E-state index in [-0.39, 0.29) is 0 Å². The topological polar surface area (TPSA) is 54.5 Å². The molecule has 4 nitrogen and oxygen atoms in total. The maximum absolute atomic E-state index is 8.88. The third-order valence-electron chi connectivity index (χ3n) is 2.48. The summed E-state index contributed by atoms with van der Waals surface area (Å²) in [5, 5.41) is 13.8. The van der Waals surface area contributed by atoms with Gasteiger partial charge in [0.05, 0.1) is 16.1 Å². The highest BCUT2D eigenvalue weighted by molar-refractivity contribution is 7.19. The Bertz CT molecular complexity index is 718. The summed E-state index contributed by atoms with van der Waals surface area (Å²) in [4.78, 5) is 4.29. The van der Waals surface area contributed by atoms with E-state index in [2.05, 4.69) is 16.2 Å². The first-order valence-electron chi connectivity index (χ1n) is 5.11. The molecule has 5 heteroatoms. The van der Waals surface area contributed by atoms with Crippen molar-refractivity contribution in [1.29, 1.82) is 5.26 Å². The van der Waals surface area contributed by atoms with Crippen molar-refractivity contribution < 1.29 is 0 Å². The Morgan fingerprint density at radius 1 is 1.29 bits per heavy atom. The van der Waals surface area contributed by atoms with Gasteiger partial charge in [0.25, 0.3) is 0 Å². The van der Waals surface area contributed by atoms with Crippen LogP contribution < -0.4 is 0 Å². The summed E-state index contributed by atoms with van der Waals surface area (Å²) in [6.07, 6.45) is 0. The van der Waals surface area contributed by atoms with Crippen LogP contribution in [0.2, 0.25) is 0 Å². The van der Waals surface area contributed by atoms with E-state index < -0.39 is 0 Å². The summed E-state index contributed by atoms with van der Waals surface area (Å²) in [7, 11) is 0. The maximum atomic E-state index is 8.88. The second kappa shape index (κ2) is 3.68. The van der Waals surface area contributed by atoms with Gasteiger partial charge < -0.3 is 0 Å². The Kier molecular flexibility index (Phi) is 2.16. The Morgan fingerprint density at radius 2 is 2.06 bits per heavy atom. The van der Waals surface area contributed by atoms with Crippen LogP contribution in [0.25, 0.3) is 16.0 Å². The molecule has 0 unspecified atom stereocenters. The first-order chi connectivity index (χ1) is 8.29. The molecule has 0 aliphatic rings. The first kappa shape index (κ1) is 10.00. The van der Waals surface area contributed by atoms with Gasteiger partial charge in [0.2, 0.25) is 0 Å². The molecule has 0 radical (unpaired) electrons. The number of thiazole rings is 1. The van der Waals surface area contributed by atoms with Crippen molar-refractivity contribution in [2.24, 2.45) is 0 Å². The van der Waals surface area contributed by atoms with Crippen molar-refractivity contribution in [2.75, 3.05) is 0 Å². The van der Waals surface area contributed by atoms with Crippen molar-refractivity contribution >= 4 is 21.7 Å². The molecule has 0 atom stereocenters. The quantitative estimate of drug-likeness (QED) is 0.657. The molecule has 1 aromatic carbocycles. The molecule has 3 aromatic rings. The number of hydrogen-bond donors (Lipinski definition) is 0. The van der Waals surface area contributed by atoms with Crippen molar-refractivity contribution in [3.8, 4) is 11.8 Å². The lowest BCUT2D eigenvalue weighted by molar-refractivity contribution is 0.877. The van der Waals surface area contributed by atoms with Crippen molar-refractivity contribution in [1.82, 2.24) is 14.8 Å². The van der Waals surface area contributed by atoms with Crippen LogP contribution in [0.1, 0.15) is 10.7 Å². The van der Waals surface area contributed by atoms with Gasteiger partial charge in [0, 0.05) is 0 Å². The van der Waals surface area contributed by atoms with Gasteiger partial charge in [-0.2, -0.15) is 10.4 Å². The van der Waals surface area contributed by atoms with Crippen LogP contribution in [-0.4, -0.2) is 14.8 Å². The van der Waals surface area contributed by atoms with Crippen molar-refractivity contribution in [3.05, 3.63) is 41.0 Å². The number of hydrogen-bond acceptors (Lipinski definition) is 4. The van der Waals surface area contributed by atoms with E-state index >= 15 is 0 Å². The minimum absolute atomic E-state index is 0.477. The zero-order valence-corrected chi connectivity index (χ0v) is 9.90. The maximum Gasteiger partial charge on any atom is 0.197 e. The molecule has 0 saturated heterocycles. The first-order valence-corrected chi connectivity index (χ1v) is 5.93. The summed E-state index contributed by atoms with van der Waals surface area (Å²) in [6, 6.07) is 11.9. The molecule has 2 heterocycles. The highest BCUT2D eigenvalue weighted by Gasteiger charge is 2.14. The average Bonchev–Trinajstić information content (AvgIpc) is 2.91. The number of aromatic nitrogens is 3. The summed E-state index contributed by atoms with van der Waals surface area (Å²) in [5.74, 6) is 0. The van der Waals surface area contributed by atoms with Gasteiger partial charge in [-0.1, -0.05) is 29.5 Å². The summed E-state index contributed by atoms with van der Waals surface area (Å²) in [6.45, 7) is 1.93. The molecule has 17 heavy (non-hydrogen) atoms. The normalized spacial score (nSPS) is 10.6. The fraction of sp³-hybridized carbons (Fsp3) is 0.0833. The highest BCUT2D eigenvalue weighted by Crippen LogP contribution is 2.26. The zero-order chi connectivity index (χ0) is 11.8. The molecule has 0 fully saturated rings. The van der Waals surface area contributed by atoms with Gasteiger partial charge in [-0.05, 0) is 19.1 Å². The number of benzene rings is 1. The van der Waals surface area contributed by atoms with E-state index in [0.717, 1.165) is 21.7 Å². The van der Waals surface area contributed by atoms with E-state index in [1.54, 1.807) is 4.68 Å². The molecule has 0 spiro atoms. The molecule has 2 aromatic heterocycles. The van der Waals surface area contributed by atoms with E-state index in [1.807, 2.05) is 37.3 Å². The van der Waals surface area contributed by atoms with E-state index in [1.165, 1.54) is 11.3 Å². The summed E-state index contributed by atoms with van der Waals surface area (Å²) >= 11 is 1.38. The van der Waals surface area contributed by atoms with Crippen molar-refractivity contribution in [3.63, 3.8) is 0 Å². The number of aryl methyl sites for hydroxylation is 1. The molecule has 0 amide bonds. The van der Waals surface area contributed by atoms with Crippen LogP contribution in [0, 0.1) is 18.3 Å². The second-order valence-corrected chi connectivity index (χ2v) is 4.62. The highest BCUT2D eigenvalue weighted by atomic mass is 32.1. The number of para-hydroxylation sites is 1. The molecule has 0 saturated carbocycles. The number of rotatable bonds is 1. The molecule has 0 bridgehead atoms. The van der Waals surface area contributed by atoms with Crippen LogP contribution in [0.5, 0.6) is 0 Å². The predicted octanol–water partition coefficient (Wildman–Crippen LogP) is 2.66. The van der Waals surface area contributed by atoms with E-state index in [9.17, 15) is 0 Å². The van der Waals surface area contributed by atoms with Crippen LogP contribution >= 0.6 is 11.3 Å². The third kappa shape index (κ3) is 1.50. The molecule has 0 N–H and O–H groups in total. The minimum Gasteiger partial charge on any atom is -0.214 e. The Balaban J connectivity index is 2.31. The summed E-state index contributed by atoms with van der Waals surface area (Å²) < 4.78 is 2.76. The minimum atomic E-state index is 0.477. The number of nitrogens with zero attached hydrogens (tertiary/aromatic N) is 4. The predicted molar refractivity (Wildman–Crippen MR) is 66.2 cm³/mol. The van der Waals surface area contributed by atoms with Gasteiger partial charge in [0.15, 0.2) is 10.7 Å². The van der Waals surface area contributed by atoms with Gasteiger partial charge in [-0.15, -0.1) is 0 Å². The zero-order valence-electron chi connectivity index (χ0n) is 9.08. The molecule has 0 aliphatic carbocycles. The fourth-order valence-corrected chi connectivity index (χ4v) is 2.51. The van der Waals surface area contributed by atoms with Gasteiger partial charge in [-0.25, -0.2) is 9.67 Å². The molecular weight excluding hydrogens is 232 g/mol. The Hall–Kier alpha value is -2.19. The number of nitriles is 1. The van der Waals surface area contributed by atoms with Crippen LogP contribution in [0.4, 0.5) is 0 Å². The lowest BCUT2D eigenvalue weighted by atomic mass is 10.3. The number of fused-ring (bicyclic) bond motifs is 1.